The van der Waals surface area contributed by atoms with Gasteiger partial charge >= 0.3 is 0 Å². The molecule has 1 aliphatic heterocycles. The van der Waals surface area contributed by atoms with Crippen LogP contribution >= 0.6 is 0 Å². The highest BCUT2D eigenvalue weighted by Crippen LogP contribution is 2.27. The first-order valence-corrected chi connectivity index (χ1v) is 8.66. The molecule has 1 fully saturated rings. The molecule has 112 valence electrons. The maximum absolute atomic E-state index is 11.6. The Kier molecular flexibility index (Phi) is 5.09. The Labute approximate surface area is 120 Å². The number of piperidine rings is 1. The fourth-order valence-electron chi connectivity index (χ4n) is 2.74. The highest BCUT2D eigenvalue weighted by atomic mass is 32.2. The van der Waals surface area contributed by atoms with Crippen LogP contribution in [0.4, 0.5) is 0 Å². The van der Waals surface area contributed by atoms with Gasteiger partial charge in [0, 0.05) is 31.5 Å². The number of hydrogen-bond acceptors (Lipinski definition) is 5. The lowest BCUT2D eigenvalue weighted by molar-refractivity contribution is 0.238. The average Bonchev–Trinajstić information content (AvgIpc) is 2.45. The van der Waals surface area contributed by atoms with E-state index in [9.17, 15) is 8.42 Å². The van der Waals surface area contributed by atoms with E-state index in [1.807, 2.05) is 12.1 Å². The highest BCUT2D eigenvalue weighted by Gasteiger charge is 2.27. The number of sulfonamides is 1. The van der Waals surface area contributed by atoms with Crippen molar-refractivity contribution < 1.29 is 8.42 Å². The number of pyridine rings is 1. The van der Waals surface area contributed by atoms with Crippen LogP contribution in [0.1, 0.15) is 30.9 Å². The van der Waals surface area contributed by atoms with Gasteiger partial charge in [0.1, 0.15) is 0 Å². The molecule has 0 radical (unpaired) electrons. The Balaban J connectivity index is 2.01. The number of hydrazine groups is 1. The third-order valence-electron chi connectivity index (χ3n) is 3.81. The lowest BCUT2D eigenvalue weighted by Crippen LogP contribution is -2.41. The second-order valence-electron chi connectivity index (χ2n) is 5.37. The maximum atomic E-state index is 11.6. The van der Waals surface area contributed by atoms with Crippen molar-refractivity contribution in [3.63, 3.8) is 0 Å². The van der Waals surface area contributed by atoms with E-state index >= 15 is 0 Å². The minimum atomic E-state index is -3.10. The summed E-state index contributed by atoms with van der Waals surface area (Å²) in [4.78, 5) is 4.10. The molecule has 1 saturated heterocycles. The molecule has 0 bridgehead atoms. The standard InChI is InChI=1S/C13H22N4O2S/c1-20(18,19)17-7-3-4-11(10-17)8-13(16-14)12-5-2-6-15-9-12/h2,5-6,9,11,13,16H,3-4,7-8,10,14H2,1H3. The Morgan fingerprint density at radius 1 is 1.60 bits per heavy atom. The molecule has 3 N–H and O–H groups in total. The Hall–Kier alpha value is -1.02. The zero-order chi connectivity index (χ0) is 14.6. The van der Waals surface area contributed by atoms with Crippen LogP contribution in [0.25, 0.3) is 0 Å². The van der Waals surface area contributed by atoms with Gasteiger partial charge in [-0.1, -0.05) is 6.07 Å². The van der Waals surface area contributed by atoms with Crippen LogP contribution in [0.2, 0.25) is 0 Å². The van der Waals surface area contributed by atoms with E-state index in [1.165, 1.54) is 6.26 Å². The molecule has 0 aliphatic carbocycles. The molecular weight excluding hydrogens is 276 g/mol. The zero-order valence-electron chi connectivity index (χ0n) is 11.7. The monoisotopic (exact) mass is 298 g/mol. The van der Waals surface area contributed by atoms with Gasteiger partial charge in [-0.2, -0.15) is 0 Å². The Morgan fingerprint density at radius 3 is 3.00 bits per heavy atom. The summed E-state index contributed by atoms with van der Waals surface area (Å²) < 4.78 is 24.8. The summed E-state index contributed by atoms with van der Waals surface area (Å²) in [5.41, 5.74) is 3.85. The van der Waals surface area contributed by atoms with E-state index in [4.69, 9.17) is 5.84 Å². The van der Waals surface area contributed by atoms with E-state index in [0.29, 0.717) is 19.0 Å². The van der Waals surface area contributed by atoms with Crippen LogP contribution in [0.15, 0.2) is 24.5 Å². The summed E-state index contributed by atoms with van der Waals surface area (Å²) in [6.07, 6.45) is 7.54. The Bertz CT molecular complexity index is 520. The summed E-state index contributed by atoms with van der Waals surface area (Å²) in [5.74, 6) is 5.95. The van der Waals surface area contributed by atoms with Crippen molar-refractivity contribution in [3.8, 4) is 0 Å². The maximum Gasteiger partial charge on any atom is 0.211 e. The first-order valence-electron chi connectivity index (χ1n) is 6.82. The normalized spacial score (nSPS) is 22.6. The Morgan fingerprint density at radius 2 is 2.40 bits per heavy atom. The SMILES string of the molecule is CS(=O)(=O)N1CCCC(CC(NN)c2cccnc2)C1. The molecule has 2 rings (SSSR count). The van der Waals surface area contributed by atoms with Crippen molar-refractivity contribution >= 4 is 10.0 Å². The zero-order valence-corrected chi connectivity index (χ0v) is 12.5. The minimum Gasteiger partial charge on any atom is -0.271 e. The van der Waals surface area contributed by atoms with Gasteiger partial charge < -0.3 is 0 Å². The molecule has 0 saturated carbocycles. The largest absolute Gasteiger partial charge is 0.271 e. The third-order valence-corrected chi connectivity index (χ3v) is 5.08. The second kappa shape index (κ2) is 6.62. The first-order chi connectivity index (χ1) is 9.50. The van der Waals surface area contributed by atoms with Crippen LogP contribution < -0.4 is 11.3 Å². The molecule has 20 heavy (non-hydrogen) atoms. The van der Waals surface area contributed by atoms with Crippen LogP contribution in [0, 0.1) is 5.92 Å². The van der Waals surface area contributed by atoms with Crippen molar-refractivity contribution in [3.05, 3.63) is 30.1 Å². The molecule has 0 aromatic carbocycles. The summed E-state index contributed by atoms with van der Waals surface area (Å²) in [5, 5.41) is 0. The van der Waals surface area contributed by atoms with E-state index in [2.05, 4.69) is 10.4 Å². The summed E-state index contributed by atoms with van der Waals surface area (Å²) in [6, 6.07) is 3.87. The molecule has 7 heteroatoms. The quantitative estimate of drug-likeness (QED) is 0.615. The molecule has 2 atom stereocenters. The number of aromatic nitrogens is 1. The van der Waals surface area contributed by atoms with Crippen molar-refractivity contribution in [2.45, 2.75) is 25.3 Å². The van der Waals surface area contributed by atoms with Crippen LogP contribution in [-0.4, -0.2) is 37.1 Å². The van der Waals surface area contributed by atoms with Gasteiger partial charge in [-0.05, 0) is 36.8 Å². The molecule has 0 amide bonds. The summed E-state index contributed by atoms with van der Waals surface area (Å²) >= 11 is 0. The number of nitrogens with zero attached hydrogens (tertiary/aromatic N) is 2. The van der Waals surface area contributed by atoms with Crippen molar-refractivity contribution in [1.29, 1.82) is 0 Å². The van der Waals surface area contributed by atoms with E-state index in [0.717, 1.165) is 24.8 Å². The van der Waals surface area contributed by atoms with E-state index in [-0.39, 0.29) is 6.04 Å². The van der Waals surface area contributed by atoms with Gasteiger partial charge in [0.05, 0.1) is 6.26 Å². The lowest BCUT2D eigenvalue weighted by atomic mass is 9.90. The molecule has 2 heterocycles. The molecule has 1 aliphatic rings. The van der Waals surface area contributed by atoms with Crippen molar-refractivity contribution in [1.82, 2.24) is 14.7 Å². The average molecular weight is 298 g/mol. The predicted octanol–water partition coefficient (Wildman–Crippen LogP) is 0.648. The fraction of sp³-hybridized carbons (Fsp3) is 0.615. The lowest BCUT2D eigenvalue weighted by Gasteiger charge is -2.32. The van der Waals surface area contributed by atoms with Crippen LogP contribution in [0.3, 0.4) is 0 Å². The van der Waals surface area contributed by atoms with Gasteiger partial charge in [-0.3, -0.25) is 16.3 Å². The molecule has 6 nitrogen and oxygen atoms in total. The fourth-order valence-corrected chi connectivity index (χ4v) is 3.68. The van der Waals surface area contributed by atoms with E-state index in [1.54, 1.807) is 16.7 Å². The number of hydrogen-bond donors (Lipinski definition) is 2. The molecule has 1 aromatic rings. The van der Waals surface area contributed by atoms with Gasteiger partial charge in [0.2, 0.25) is 10.0 Å². The van der Waals surface area contributed by atoms with Crippen molar-refractivity contribution in [2.24, 2.45) is 11.8 Å². The number of nitrogens with one attached hydrogen (secondary N) is 1. The van der Waals surface area contributed by atoms with Gasteiger partial charge in [0.15, 0.2) is 0 Å². The predicted molar refractivity (Wildman–Crippen MR) is 78.1 cm³/mol. The van der Waals surface area contributed by atoms with Crippen molar-refractivity contribution in [2.75, 3.05) is 19.3 Å². The van der Waals surface area contributed by atoms with Crippen LogP contribution in [-0.2, 0) is 10.0 Å². The van der Waals surface area contributed by atoms with Crippen LogP contribution in [0.5, 0.6) is 0 Å². The molecule has 0 spiro atoms. The molecule has 2 unspecified atom stereocenters. The number of rotatable bonds is 5. The number of nitrogens with two attached hydrogens (primary N) is 1. The molecular formula is C13H22N4O2S. The summed E-state index contributed by atoms with van der Waals surface area (Å²) in [6.45, 7) is 1.21. The topological polar surface area (TPSA) is 88.3 Å². The van der Waals surface area contributed by atoms with Gasteiger partial charge in [0.25, 0.3) is 0 Å². The minimum absolute atomic E-state index is 0.00760. The van der Waals surface area contributed by atoms with Gasteiger partial charge in [-0.15, -0.1) is 0 Å². The van der Waals surface area contributed by atoms with Gasteiger partial charge in [-0.25, -0.2) is 12.7 Å². The third kappa shape index (κ3) is 3.99. The summed E-state index contributed by atoms with van der Waals surface area (Å²) in [7, 11) is -3.10. The smallest absolute Gasteiger partial charge is 0.211 e. The first kappa shape index (κ1) is 15.4. The molecule has 1 aromatic heterocycles. The van der Waals surface area contributed by atoms with E-state index < -0.39 is 10.0 Å². The second-order valence-corrected chi connectivity index (χ2v) is 7.35. The highest BCUT2D eigenvalue weighted by molar-refractivity contribution is 7.88.